The van der Waals surface area contributed by atoms with Crippen molar-refractivity contribution in [1.82, 2.24) is 0 Å². The standard InChI is InChI=1S/C6H14NS/c1-4(2)6(8)5(3)7/h4-5,8H,7H2,1-3H3. The molecular formula is C6H14NS. The molecule has 0 spiro atoms. The van der Waals surface area contributed by atoms with Gasteiger partial charge in [-0.15, -0.1) is 0 Å². The zero-order chi connectivity index (χ0) is 6.73. The fourth-order valence-electron chi connectivity index (χ4n) is 0.526. The number of rotatable bonds is 2. The van der Waals surface area contributed by atoms with Crippen LogP contribution in [0, 0.1) is 11.2 Å². The minimum Gasteiger partial charge on any atom is -0.327 e. The van der Waals surface area contributed by atoms with Gasteiger partial charge in [-0.2, -0.15) is 12.6 Å². The molecule has 0 aliphatic carbocycles. The molecule has 0 aliphatic heterocycles. The summed E-state index contributed by atoms with van der Waals surface area (Å²) in [5.74, 6) is 0.498. The van der Waals surface area contributed by atoms with E-state index in [9.17, 15) is 0 Å². The summed E-state index contributed by atoms with van der Waals surface area (Å²) in [6.07, 6.45) is 0. The maximum Gasteiger partial charge on any atom is 0.0462 e. The highest BCUT2D eigenvalue weighted by molar-refractivity contribution is 7.83. The van der Waals surface area contributed by atoms with Gasteiger partial charge in [0, 0.05) is 11.3 Å². The molecule has 1 radical (unpaired) electrons. The van der Waals surface area contributed by atoms with Crippen molar-refractivity contribution >= 4 is 12.6 Å². The summed E-state index contributed by atoms with van der Waals surface area (Å²) in [6, 6.07) is 0.123. The summed E-state index contributed by atoms with van der Waals surface area (Å²) in [7, 11) is 0. The zero-order valence-electron chi connectivity index (χ0n) is 5.68. The van der Waals surface area contributed by atoms with Crippen molar-refractivity contribution in [2.75, 3.05) is 0 Å². The van der Waals surface area contributed by atoms with Gasteiger partial charge in [0.15, 0.2) is 0 Å². The van der Waals surface area contributed by atoms with E-state index in [4.69, 9.17) is 5.73 Å². The molecule has 0 aromatic heterocycles. The lowest BCUT2D eigenvalue weighted by Gasteiger charge is -2.16. The Bertz CT molecular complexity index is 53.5. The lowest BCUT2D eigenvalue weighted by Crippen LogP contribution is -2.24. The van der Waals surface area contributed by atoms with E-state index >= 15 is 0 Å². The van der Waals surface area contributed by atoms with Crippen LogP contribution in [0.3, 0.4) is 0 Å². The minimum atomic E-state index is 0.123. The van der Waals surface area contributed by atoms with E-state index in [0.29, 0.717) is 5.92 Å². The fourth-order valence-corrected chi connectivity index (χ4v) is 0.526. The predicted molar refractivity (Wildman–Crippen MR) is 40.7 cm³/mol. The molecule has 0 heterocycles. The average molecular weight is 132 g/mol. The topological polar surface area (TPSA) is 26.0 Å². The van der Waals surface area contributed by atoms with Crippen molar-refractivity contribution in [2.45, 2.75) is 26.8 Å². The van der Waals surface area contributed by atoms with Gasteiger partial charge in [0.25, 0.3) is 0 Å². The molecule has 1 unspecified atom stereocenters. The number of hydrogen-bond donors (Lipinski definition) is 2. The quantitative estimate of drug-likeness (QED) is 0.546. The Balaban J connectivity index is 3.46. The summed E-state index contributed by atoms with van der Waals surface area (Å²) < 4.78 is 0. The monoisotopic (exact) mass is 132 g/mol. The number of nitrogens with two attached hydrogens (primary N) is 1. The van der Waals surface area contributed by atoms with Crippen molar-refractivity contribution in [3.8, 4) is 0 Å². The van der Waals surface area contributed by atoms with Gasteiger partial charge in [-0.05, 0) is 12.8 Å². The summed E-state index contributed by atoms with van der Waals surface area (Å²) in [5.41, 5.74) is 5.52. The van der Waals surface area contributed by atoms with E-state index in [2.05, 4.69) is 26.5 Å². The summed E-state index contributed by atoms with van der Waals surface area (Å²) >= 11 is 4.21. The number of thiol groups is 1. The molecule has 0 aromatic carbocycles. The fraction of sp³-hybridized carbons (Fsp3) is 0.833. The molecule has 0 fully saturated rings. The Kier molecular flexibility index (Phi) is 3.49. The second kappa shape index (κ2) is 3.36. The Morgan fingerprint density at radius 3 is 1.75 bits per heavy atom. The third-order valence-electron chi connectivity index (χ3n) is 1.06. The lowest BCUT2D eigenvalue weighted by molar-refractivity contribution is 0.642. The maximum atomic E-state index is 5.52. The normalized spacial score (nSPS) is 15.4. The van der Waals surface area contributed by atoms with Crippen LogP contribution in [0.1, 0.15) is 20.8 Å². The van der Waals surface area contributed by atoms with Gasteiger partial charge in [0.05, 0.1) is 0 Å². The summed E-state index contributed by atoms with van der Waals surface area (Å²) in [4.78, 5) is 0. The second-order valence-corrected chi connectivity index (χ2v) is 2.88. The van der Waals surface area contributed by atoms with Crippen LogP contribution in [-0.4, -0.2) is 6.04 Å². The first-order valence-corrected chi connectivity index (χ1v) is 3.31. The third kappa shape index (κ3) is 2.58. The van der Waals surface area contributed by atoms with Gasteiger partial charge < -0.3 is 5.73 Å². The lowest BCUT2D eigenvalue weighted by atomic mass is 10.1. The molecule has 0 amide bonds. The SMILES string of the molecule is CC(C)[C](S)C(C)N. The van der Waals surface area contributed by atoms with Crippen molar-refractivity contribution in [3.05, 3.63) is 5.25 Å². The second-order valence-electron chi connectivity index (χ2n) is 2.37. The number of hydrogen-bond acceptors (Lipinski definition) is 2. The highest BCUT2D eigenvalue weighted by atomic mass is 32.1. The Hall–Kier alpha value is 0.310. The molecule has 2 N–H and O–H groups in total. The molecule has 1 nitrogen and oxygen atoms in total. The molecule has 0 aromatic rings. The van der Waals surface area contributed by atoms with Gasteiger partial charge in [-0.1, -0.05) is 13.8 Å². The molecule has 0 bridgehead atoms. The molecule has 0 saturated heterocycles. The molecule has 0 saturated carbocycles. The predicted octanol–water partition coefficient (Wildman–Crippen LogP) is 1.45. The third-order valence-corrected chi connectivity index (χ3v) is 1.98. The minimum absolute atomic E-state index is 0.123. The summed E-state index contributed by atoms with van der Waals surface area (Å²) in [5, 5.41) is 1.07. The van der Waals surface area contributed by atoms with Crippen LogP contribution < -0.4 is 5.73 Å². The Morgan fingerprint density at radius 2 is 1.75 bits per heavy atom. The van der Waals surface area contributed by atoms with Crippen molar-refractivity contribution < 1.29 is 0 Å². The van der Waals surface area contributed by atoms with E-state index in [1.54, 1.807) is 0 Å². The Labute approximate surface area is 57.1 Å². The molecule has 1 atom stereocenters. The smallest absolute Gasteiger partial charge is 0.0462 e. The molecule has 0 aliphatic rings. The first-order valence-electron chi connectivity index (χ1n) is 2.87. The first-order chi connectivity index (χ1) is 3.55. The van der Waals surface area contributed by atoms with E-state index in [-0.39, 0.29) is 6.04 Å². The molecule has 2 heteroatoms. The molecular weight excluding hydrogens is 118 g/mol. The van der Waals surface area contributed by atoms with E-state index in [0.717, 1.165) is 5.25 Å². The largest absolute Gasteiger partial charge is 0.327 e. The van der Waals surface area contributed by atoms with Crippen molar-refractivity contribution in [2.24, 2.45) is 11.7 Å². The van der Waals surface area contributed by atoms with Gasteiger partial charge in [-0.25, -0.2) is 0 Å². The van der Waals surface area contributed by atoms with Crippen LogP contribution in [0.4, 0.5) is 0 Å². The van der Waals surface area contributed by atoms with Crippen LogP contribution in [-0.2, 0) is 0 Å². The van der Waals surface area contributed by atoms with Crippen LogP contribution >= 0.6 is 12.6 Å². The van der Waals surface area contributed by atoms with Gasteiger partial charge >= 0.3 is 0 Å². The zero-order valence-corrected chi connectivity index (χ0v) is 6.57. The van der Waals surface area contributed by atoms with Gasteiger partial charge in [0.2, 0.25) is 0 Å². The highest BCUT2D eigenvalue weighted by Crippen LogP contribution is 2.19. The Morgan fingerprint density at radius 1 is 1.38 bits per heavy atom. The molecule has 49 valence electrons. The summed E-state index contributed by atoms with van der Waals surface area (Å²) in [6.45, 7) is 6.12. The van der Waals surface area contributed by atoms with Crippen LogP contribution in [0.15, 0.2) is 0 Å². The molecule has 8 heavy (non-hydrogen) atoms. The van der Waals surface area contributed by atoms with Crippen molar-refractivity contribution in [3.63, 3.8) is 0 Å². The van der Waals surface area contributed by atoms with E-state index < -0.39 is 0 Å². The van der Waals surface area contributed by atoms with E-state index in [1.807, 2.05) is 6.92 Å². The van der Waals surface area contributed by atoms with Crippen molar-refractivity contribution in [1.29, 1.82) is 0 Å². The van der Waals surface area contributed by atoms with E-state index in [1.165, 1.54) is 0 Å². The van der Waals surface area contributed by atoms with Gasteiger partial charge in [0.1, 0.15) is 0 Å². The van der Waals surface area contributed by atoms with Crippen LogP contribution in [0.5, 0.6) is 0 Å². The average Bonchev–Trinajstić information content (AvgIpc) is 1.64. The highest BCUT2D eigenvalue weighted by Gasteiger charge is 2.12. The van der Waals surface area contributed by atoms with Crippen LogP contribution in [0.25, 0.3) is 0 Å². The molecule has 0 rings (SSSR count). The first kappa shape index (κ1) is 8.31. The van der Waals surface area contributed by atoms with Crippen LogP contribution in [0.2, 0.25) is 0 Å². The van der Waals surface area contributed by atoms with Gasteiger partial charge in [-0.3, -0.25) is 0 Å². The maximum absolute atomic E-state index is 5.52.